The monoisotopic (exact) mass is 225 g/mol. The van der Waals surface area contributed by atoms with Crippen molar-refractivity contribution >= 4 is 0 Å². The molecule has 2 rings (SSSR count). The Kier molecular flexibility index (Phi) is 4.66. The van der Waals surface area contributed by atoms with Crippen LogP contribution in [-0.4, -0.2) is 23.3 Å². The number of nitrogens with one attached hydrogen (secondary N) is 1. The largest absolute Gasteiger partial charge is 0.389 e. The van der Waals surface area contributed by atoms with E-state index in [0.29, 0.717) is 6.04 Å². The summed E-state index contributed by atoms with van der Waals surface area (Å²) in [6, 6.07) is 0.689. The van der Waals surface area contributed by atoms with Gasteiger partial charge < -0.3 is 10.4 Å². The molecular formula is C14H27NO. The zero-order valence-electron chi connectivity index (χ0n) is 10.5. The molecule has 0 aromatic heterocycles. The Morgan fingerprint density at radius 2 is 1.44 bits per heavy atom. The zero-order chi connectivity index (χ0) is 11.3. The lowest BCUT2D eigenvalue weighted by Crippen LogP contribution is -2.44. The van der Waals surface area contributed by atoms with Crippen molar-refractivity contribution in [2.75, 3.05) is 6.54 Å². The first-order valence-corrected chi connectivity index (χ1v) is 7.24. The summed E-state index contributed by atoms with van der Waals surface area (Å²) in [7, 11) is 0. The summed E-state index contributed by atoms with van der Waals surface area (Å²) in [6.07, 6.45) is 13.8. The smallest absolute Gasteiger partial charge is 0.0771 e. The molecule has 94 valence electrons. The summed E-state index contributed by atoms with van der Waals surface area (Å²) in [4.78, 5) is 0. The molecule has 2 aliphatic carbocycles. The minimum Gasteiger partial charge on any atom is -0.389 e. The first kappa shape index (κ1) is 12.4. The van der Waals surface area contributed by atoms with Gasteiger partial charge in [0.15, 0.2) is 0 Å². The summed E-state index contributed by atoms with van der Waals surface area (Å²) >= 11 is 0. The summed E-state index contributed by atoms with van der Waals surface area (Å²) in [5.74, 6) is 0. The van der Waals surface area contributed by atoms with Crippen molar-refractivity contribution in [1.29, 1.82) is 0 Å². The predicted octanol–water partition coefficient (Wildman–Crippen LogP) is 2.99. The fraction of sp³-hybridized carbons (Fsp3) is 1.00. The van der Waals surface area contributed by atoms with E-state index in [-0.39, 0.29) is 0 Å². The topological polar surface area (TPSA) is 32.3 Å². The highest BCUT2D eigenvalue weighted by Crippen LogP contribution is 2.26. The Morgan fingerprint density at radius 1 is 0.875 bits per heavy atom. The molecule has 0 saturated heterocycles. The van der Waals surface area contributed by atoms with Crippen molar-refractivity contribution in [3.63, 3.8) is 0 Å². The first-order valence-electron chi connectivity index (χ1n) is 7.24. The van der Waals surface area contributed by atoms with Gasteiger partial charge in [-0.05, 0) is 25.7 Å². The summed E-state index contributed by atoms with van der Waals surface area (Å²) in [5, 5.41) is 14.2. The SMILES string of the molecule is OC1(CNC2CCCC2)CCCCCCC1. The Hall–Kier alpha value is -0.0800. The van der Waals surface area contributed by atoms with Crippen molar-refractivity contribution in [3.05, 3.63) is 0 Å². The van der Waals surface area contributed by atoms with Gasteiger partial charge in [-0.25, -0.2) is 0 Å². The fourth-order valence-electron chi connectivity index (χ4n) is 3.20. The van der Waals surface area contributed by atoms with Crippen LogP contribution in [0.4, 0.5) is 0 Å². The number of hydrogen-bond donors (Lipinski definition) is 2. The van der Waals surface area contributed by atoms with Crippen LogP contribution in [0.3, 0.4) is 0 Å². The lowest BCUT2D eigenvalue weighted by atomic mass is 9.87. The molecule has 0 atom stereocenters. The second kappa shape index (κ2) is 6.02. The first-order chi connectivity index (χ1) is 7.79. The summed E-state index contributed by atoms with van der Waals surface area (Å²) in [5.41, 5.74) is -0.400. The molecule has 0 radical (unpaired) electrons. The van der Waals surface area contributed by atoms with Crippen LogP contribution < -0.4 is 5.32 Å². The maximum Gasteiger partial charge on any atom is 0.0771 e. The van der Waals surface area contributed by atoms with Gasteiger partial charge in [0, 0.05) is 12.6 Å². The van der Waals surface area contributed by atoms with Crippen LogP contribution in [0.25, 0.3) is 0 Å². The standard InChI is InChI=1S/C14H27NO/c16-14(10-6-2-1-3-7-11-14)12-15-13-8-4-5-9-13/h13,15-16H,1-12H2. The molecule has 2 heteroatoms. The second-order valence-electron chi connectivity index (χ2n) is 5.85. The number of hydrogen-bond acceptors (Lipinski definition) is 2. The minimum atomic E-state index is -0.400. The molecule has 2 saturated carbocycles. The molecule has 0 unspecified atom stereocenters. The van der Waals surface area contributed by atoms with Crippen LogP contribution in [0.5, 0.6) is 0 Å². The third-order valence-corrected chi connectivity index (χ3v) is 4.36. The van der Waals surface area contributed by atoms with E-state index in [0.717, 1.165) is 19.4 Å². The highest BCUT2D eigenvalue weighted by molar-refractivity contribution is 4.85. The third kappa shape index (κ3) is 3.74. The van der Waals surface area contributed by atoms with Crippen molar-refractivity contribution in [2.45, 2.75) is 82.3 Å². The molecule has 0 bridgehead atoms. The quantitative estimate of drug-likeness (QED) is 0.774. The molecule has 0 amide bonds. The van der Waals surface area contributed by atoms with Gasteiger partial charge in [-0.15, -0.1) is 0 Å². The van der Waals surface area contributed by atoms with Crippen LogP contribution in [0.1, 0.15) is 70.6 Å². The van der Waals surface area contributed by atoms with Gasteiger partial charge in [0.25, 0.3) is 0 Å². The van der Waals surface area contributed by atoms with Gasteiger partial charge in [0.2, 0.25) is 0 Å². The molecule has 0 aromatic carbocycles. The average Bonchev–Trinajstić information content (AvgIpc) is 2.74. The van der Waals surface area contributed by atoms with E-state index in [4.69, 9.17) is 0 Å². The van der Waals surface area contributed by atoms with Gasteiger partial charge in [0.05, 0.1) is 5.60 Å². The molecule has 0 aromatic rings. The molecule has 0 heterocycles. The number of rotatable bonds is 3. The van der Waals surface area contributed by atoms with Crippen LogP contribution in [0, 0.1) is 0 Å². The van der Waals surface area contributed by atoms with Crippen LogP contribution in [0.2, 0.25) is 0 Å². The fourth-order valence-corrected chi connectivity index (χ4v) is 3.20. The summed E-state index contributed by atoms with van der Waals surface area (Å²) in [6.45, 7) is 0.831. The highest BCUT2D eigenvalue weighted by Gasteiger charge is 2.28. The maximum atomic E-state index is 10.6. The van der Waals surface area contributed by atoms with Crippen molar-refractivity contribution in [2.24, 2.45) is 0 Å². The van der Waals surface area contributed by atoms with Crippen molar-refractivity contribution in [1.82, 2.24) is 5.32 Å². The van der Waals surface area contributed by atoms with E-state index in [1.807, 2.05) is 0 Å². The van der Waals surface area contributed by atoms with E-state index < -0.39 is 5.60 Å². The molecule has 2 N–H and O–H groups in total. The van der Waals surface area contributed by atoms with E-state index in [1.165, 1.54) is 57.8 Å². The van der Waals surface area contributed by atoms with Gasteiger partial charge in [0.1, 0.15) is 0 Å². The lowest BCUT2D eigenvalue weighted by molar-refractivity contribution is 0.0124. The van der Waals surface area contributed by atoms with Gasteiger partial charge in [-0.2, -0.15) is 0 Å². The highest BCUT2D eigenvalue weighted by atomic mass is 16.3. The Labute approximate surface area is 99.8 Å². The number of aliphatic hydroxyl groups is 1. The van der Waals surface area contributed by atoms with Crippen LogP contribution in [0.15, 0.2) is 0 Å². The van der Waals surface area contributed by atoms with Gasteiger partial charge in [-0.3, -0.25) is 0 Å². The van der Waals surface area contributed by atoms with Crippen LogP contribution in [-0.2, 0) is 0 Å². The molecule has 2 aliphatic rings. The van der Waals surface area contributed by atoms with Gasteiger partial charge in [-0.1, -0.05) is 44.9 Å². The Morgan fingerprint density at radius 3 is 2.06 bits per heavy atom. The molecule has 2 nitrogen and oxygen atoms in total. The lowest BCUT2D eigenvalue weighted by Gasteiger charge is -2.31. The Balaban J connectivity index is 1.75. The van der Waals surface area contributed by atoms with Crippen molar-refractivity contribution in [3.8, 4) is 0 Å². The molecular weight excluding hydrogens is 198 g/mol. The maximum absolute atomic E-state index is 10.6. The molecule has 16 heavy (non-hydrogen) atoms. The van der Waals surface area contributed by atoms with E-state index in [1.54, 1.807) is 0 Å². The second-order valence-corrected chi connectivity index (χ2v) is 5.85. The molecule has 2 fully saturated rings. The van der Waals surface area contributed by atoms with Gasteiger partial charge >= 0.3 is 0 Å². The van der Waals surface area contributed by atoms with Crippen LogP contribution >= 0.6 is 0 Å². The molecule has 0 spiro atoms. The van der Waals surface area contributed by atoms with Crippen molar-refractivity contribution < 1.29 is 5.11 Å². The zero-order valence-corrected chi connectivity index (χ0v) is 10.5. The van der Waals surface area contributed by atoms with E-state index >= 15 is 0 Å². The molecule has 0 aliphatic heterocycles. The predicted molar refractivity (Wildman–Crippen MR) is 67.5 cm³/mol. The third-order valence-electron chi connectivity index (χ3n) is 4.36. The minimum absolute atomic E-state index is 0.400. The average molecular weight is 225 g/mol. The Bertz CT molecular complexity index is 191. The van der Waals surface area contributed by atoms with E-state index in [9.17, 15) is 5.11 Å². The normalized spacial score (nSPS) is 27.6. The summed E-state index contributed by atoms with van der Waals surface area (Å²) < 4.78 is 0. The van der Waals surface area contributed by atoms with E-state index in [2.05, 4.69) is 5.32 Å².